The van der Waals surface area contributed by atoms with E-state index in [4.69, 9.17) is 9.47 Å². The summed E-state index contributed by atoms with van der Waals surface area (Å²) in [4.78, 5) is 14.7. The molecule has 0 N–H and O–H groups in total. The van der Waals surface area contributed by atoms with Gasteiger partial charge < -0.3 is 14.4 Å². The molecular formula is C19H21NO3. The molecule has 1 aliphatic heterocycles. The van der Waals surface area contributed by atoms with Crippen molar-refractivity contribution in [1.82, 2.24) is 4.90 Å². The van der Waals surface area contributed by atoms with Gasteiger partial charge >= 0.3 is 0 Å². The van der Waals surface area contributed by atoms with Gasteiger partial charge in [0.2, 0.25) is 12.7 Å². The molecule has 0 atom stereocenters. The zero-order valence-electron chi connectivity index (χ0n) is 13.7. The minimum Gasteiger partial charge on any atom is -0.454 e. The van der Waals surface area contributed by atoms with E-state index in [1.165, 1.54) is 0 Å². The average molecular weight is 311 g/mol. The summed E-state index contributed by atoms with van der Waals surface area (Å²) >= 11 is 0. The normalized spacial score (nSPS) is 13.0. The second kappa shape index (κ2) is 5.95. The largest absolute Gasteiger partial charge is 0.454 e. The molecule has 0 radical (unpaired) electrons. The van der Waals surface area contributed by atoms with Crippen LogP contribution in [-0.2, 0) is 16.8 Å². The molecule has 0 saturated carbocycles. The Kier molecular flexibility index (Phi) is 3.99. The fourth-order valence-corrected chi connectivity index (χ4v) is 2.82. The van der Waals surface area contributed by atoms with Crippen LogP contribution in [0.5, 0.6) is 11.5 Å². The summed E-state index contributed by atoms with van der Waals surface area (Å²) in [5.74, 6) is 1.50. The predicted molar refractivity (Wildman–Crippen MR) is 88.5 cm³/mol. The van der Waals surface area contributed by atoms with Crippen LogP contribution in [0, 0.1) is 0 Å². The third-order valence-corrected chi connectivity index (χ3v) is 4.24. The molecular weight excluding hydrogens is 290 g/mol. The zero-order valence-corrected chi connectivity index (χ0v) is 13.7. The summed E-state index contributed by atoms with van der Waals surface area (Å²) in [6, 6.07) is 15.7. The van der Waals surface area contributed by atoms with Crippen molar-refractivity contribution in [3.05, 3.63) is 59.7 Å². The molecule has 2 aromatic rings. The minimum atomic E-state index is -0.634. The fraction of sp³-hybridized carbons (Fsp3) is 0.316. The molecule has 4 nitrogen and oxygen atoms in total. The number of carbonyl (C=O) groups is 1. The van der Waals surface area contributed by atoms with E-state index in [9.17, 15) is 4.79 Å². The van der Waals surface area contributed by atoms with Gasteiger partial charge in [-0.25, -0.2) is 0 Å². The zero-order chi connectivity index (χ0) is 16.4. The van der Waals surface area contributed by atoms with Crippen molar-refractivity contribution < 1.29 is 14.3 Å². The van der Waals surface area contributed by atoms with Gasteiger partial charge in [0.1, 0.15) is 0 Å². The number of likely N-dealkylation sites (N-methyl/N-ethyl adjacent to an activating group) is 1. The Hall–Kier alpha value is -2.49. The molecule has 0 spiro atoms. The molecule has 23 heavy (non-hydrogen) atoms. The van der Waals surface area contributed by atoms with Gasteiger partial charge in [-0.2, -0.15) is 0 Å². The number of rotatable bonds is 4. The first kappa shape index (κ1) is 15.4. The van der Waals surface area contributed by atoms with Crippen molar-refractivity contribution >= 4 is 5.91 Å². The summed E-state index contributed by atoms with van der Waals surface area (Å²) in [5.41, 5.74) is 1.40. The maximum atomic E-state index is 12.9. The summed E-state index contributed by atoms with van der Waals surface area (Å²) in [6.07, 6.45) is 0. The van der Waals surface area contributed by atoms with Crippen LogP contribution >= 0.6 is 0 Å². The van der Waals surface area contributed by atoms with Gasteiger partial charge in [0.15, 0.2) is 11.5 Å². The van der Waals surface area contributed by atoms with E-state index in [-0.39, 0.29) is 12.7 Å². The first-order valence-electron chi connectivity index (χ1n) is 7.68. The van der Waals surface area contributed by atoms with Crippen molar-refractivity contribution in [1.29, 1.82) is 0 Å². The van der Waals surface area contributed by atoms with Crippen molar-refractivity contribution in [2.24, 2.45) is 0 Å². The Labute approximate surface area is 136 Å². The monoisotopic (exact) mass is 311 g/mol. The van der Waals surface area contributed by atoms with Crippen LogP contribution in [0.3, 0.4) is 0 Å². The van der Waals surface area contributed by atoms with E-state index >= 15 is 0 Å². The highest BCUT2D eigenvalue weighted by atomic mass is 16.7. The minimum absolute atomic E-state index is 0.0696. The molecule has 2 aromatic carbocycles. The topological polar surface area (TPSA) is 38.8 Å². The number of ether oxygens (including phenoxy) is 2. The lowest BCUT2D eigenvalue weighted by atomic mass is 9.83. The molecule has 1 amide bonds. The highest BCUT2D eigenvalue weighted by Gasteiger charge is 2.33. The quantitative estimate of drug-likeness (QED) is 0.869. The fourth-order valence-electron chi connectivity index (χ4n) is 2.82. The lowest BCUT2D eigenvalue weighted by Gasteiger charge is -2.30. The molecule has 0 unspecified atom stereocenters. The Morgan fingerprint density at radius 2 is 1.78 bits per heavy atom. The number of hydrogen-bond acceptors (Lipinski definition) is 3. The molecule has 0 bridgehead atoms. The third-order valence-electron chi connectivity index (χ3n) is 4.24. The standard InChI is InChI=1S/C19H21NO3/c1-19(2,15-9-10-16-17(11-15)23-13-22-16)18(21)20(3)12-14-7-5-4-6-8-14/h4-11H,12-13H2,1-3H3. The molecule has 0 aromatic heterocycles. The second-order valence-electron chi connectivity index (χ2n) is 6.34. The molecule has 120 valence electrons. The Balaban J connectivity index is 1.79. The van der Waals surface area contributed by atoms with Crippen LogP contribution in [0.25, 0.3) is 0 Å². The van der Waals surface area contributed by atoms with Crippen molar-refractivity contribution in [3.63, 3.8) is 0 Å². The van der Waals surface area contributed by atoms with E-state index in [0.29, 0.717) is 12.3 Å². The van der Waals surface area contributed by atoms with Crippen LogP contribution in [0.2, 0.25) is 0 Å². The van der Waals surface area contributed by atoms with Gasteiger partial charge in [0, 0.05) is 13.6 Å². The highest BCUT2D eigenvalue weighted by molar-refractivity contribution is 5.87. The summed E-state index contributed by atoms with van der Waals surface area (Å²) in [6.45, 7) is 4.71. The van der Waals surface area contributed by atoms with Gasteiger partial charge in [0.25, 0.3) is 0 Å². The van der Waals surface area contributed by atoms with Crippen LogP contribution in [0.15, 0.2) is 48.5 Å². The van der Waals surface area contributed by atoms with Crippen LogP contribution in [0.4, 0.5) is 0 Å². The Bertz CT molecular complexity index is 710. The van der Waals surface area contributed by atoms with E-state index < -0.39 is 5.41 Å². The van der Waals surface area contributed by atoms with E-state index in [1.54, 1.807) is 4.90 Å². The van der Waals surface area contributed by atoms with Crippen LogP contribution in [-0.4, -0.2) is 24.6 Å². The maximum Gasteiger partial charge on any atom is 0.232 e. The molecule has 1 aliphatic rings. The summed E-state index contributed by atoms with van der Waals surface area (Å²) < 4.78 is 10.8. The Morgan fingerprint density at radius 3 is 2.52 bits per heavy atom. The molecule has 4 heteroatoms. The molecule has 3 rings (SSSR count). The van der Waals surface area contributed by atoms with Crippen LogP contribution in [0.1, 0.15) is 25.0 Å². The van der Waals surface area contributed by atoms with Crippen molar-refractivity contribution in [2.75, 3.05) is 13.8 Å². The van der Waals surface area contributed by atoms with Crippen molar-refractivity contribution in [2.45, 2.75) is 25.8 Å². The van der Waals surface area contributed by atoms with E-state index in [2.05, 4.69) is 0 Å². The number of amides is 1. The molecule has 0 aliphatic carbocycles. The van der Waals surface area contributed by atoms with E-state index in [1.807, 2.05) is 69.4 Å². The lowest BCUT2D eigenvalue weighted by Crippen LogP contribution is -2.41. The van der Waals surface area contributed by atoms with Crippen LogP contribution < -0.4 is 9.47 Å². The summed E-state index contributed by atoms with van der Waals surface area (Å²) in [5, 5.41) is 0. The average Bonchev–Trinajstić information content (AvgIpc) is 3.02. The van der Waals surface area contributed by atoms with Gasteiger partial charge in [-0.05, 0) is 37.1 Å². The first-order chi connectivity index (χ1) is 11.0. The first-order valence-corrected chi connectivity index (χ1v) is 7.68. The van der Waals surface area contributed by atoms with Gasteiger partial charge in [0.05, 0.1) is 5.41 Å². The van der Waals surface area contributed by atoms with Gasteiger partial charge in [-0.1, -0.05) is 36.4 Å². The van der Waals surface area contributed by atoms with Gasteiger partial charge in [-0.15, -0.1) is 0 Å². The number of benzene rings is 2. The number of carbonyl (C=O) groups excluding carboxylic acids is 1. The number of fused-ring (bicyclic) bond motifs is 1. The highest BCUT2D eigenvalue weighted by Crippen LogP contribution is 2.37. The summed E-state index contributed by atoms with van der Waals surface area (Å²) in [7, 11) is 1.84. The lowest BCUT2D eigenvalue weighted by molar-refractivity contribution is -0.135. The third kappa shape index (κ3) is 3.02. The maximum absolute atomic E-state index is 12.9. The number of hydrogen-bond donors (Lipinski definition) is 0. The van der Waals surface area contributed by atoms with Gasteiger partial charge in [-0.3, -0.25) is 4.79 Å². The number of nitrogens with zero attached hydrogens (tertiary/aromatic N) is 1. The predicted octanol–water partition coefficient (Wildman–Crippen LogP) is 3.35. The SMILES string of the molecule is CN(Cc1ccccc1)C(=O)C(C)(C)c1ccc2c(c1)OCO2. The molecule has 0 saturated heterocycles. The second-order valence-corrected chi connectivity index (χ2v) is 6.34. The molecule has 0 fully saturated rings. The van der Waals surface area contributed by atoms with E-state index in [0.717, 1.165) is 16.9 Å². The molecule has 1 heterocycles. The Morgan fingerprint density at radius 1 is 1.09 bits per heavy atom. The smallest absolute Gasteiger partial charge is 0.232 e. The van der Waals surface area contributed by atoms with Crippen molar-refractivity contribution in [3.8, 4) is 11.5 Å².